The van der Waals surface area contributed by atoms with Crippen LogP contribution in [0.5, 0.6) is 0 Å². The number of aromatic nitrogens is 1. The van der Waals surface area contributed by atoms with Crippen LogP contribution < -0.4 is 0 Å². The van der Waals surface area contributed by atoms with Gasteiger partial charge in [0.1, 0.15) is 0 Å². The maximum absolute atomic E-state index is 6.00. The van der Waals surface area contributed by atoms with Gasteiger partial charge in [-0.15, -0.1) is 11.8 Å². The fourth-order valence-electron chi connectivity index (χ4n) is 2.78. The third-order valence-electron chi connectivity index (χ3n) is 3.98. The van der Waals surface area contributed by atoms with E-state index in [9.17, 15) is 0 Å². The minimum atomic E-state index is 0.747. The van der Waals surface area contributed by atoms with Crippen LogP contribution in [0.25, 0.3) is 5.69 Å². The van der Waals surface area contributed by atoms with Crippen molar-refractivity contribution < 1.29 is 0 Å². The molecule has 0 saturated carbocycles. The molecule has 0 amide bonds. The second kappa shape index (κ2) is 7.29. The summed E-state index contributed by atoms with van der Waals surface area (Å²) in [7, 11) is 0. The Labute approximate surface area is 152 Å². The van der Waals surface area contributed by atoms with Crippen LogP contribution in [-0.4, -0.2) is 17.0 Å². The Kier molecular flexibility index (Phi) is 5.12. The fourth-order valence-corrected chi connectivity index (χ4v) is 3.45. The molecule has 122 valence electrons. The molecule has 0 fully saturated rings. The molecule has 3 rings (SSSR count). The molecule has 0 aliphatic heterocycles. The number of nitrogens with zero attached hydrogens (tertiary/aromatic N) is 2. The molecule has 0 N–H and O–H groups in total. The van der Waals surface area contributed by atoms with Crippen LogP contribution >= 0.6 is 23.4 Å². The molecule has 0 bridgehead atoms. The highest BCUT2D eigenvalue weighted by atomic mass is 35.5. The first kappa shape index (κ1) is 16.9. The lowest BCUT2D eigenvalue weighted by molar-refractivity contribution is 0.965. The average Bonchev–Trinajstić information content (AvgIpc) is 2.88. The zero-order valence-corrected chi connectivity index (χ0v) is 15.5. The molecular formula is C20H19ClN2S. The van der Waals surface area contributed by atoms with Gasteiger partial charge in [0.15, 0.2) is 0 Å². The highest BCUT2D eigenvalue weighted by Gasteiger charge is 2.09. The molecule has 0 aliphatic rings. The number of halogens is 1. The SMILES string of the molecule is CSc1ccccc1N=Cc1cc(C)n(-c2ccc(Cl)cc2)c1C. The Morgan fingerprint density at radius 1 is 1.04 bits per heavy atom. The number of thioether (sulfide) groups is 1. The summed E-state index contributed by atoms with van der Waals surface area (Å²) in [6.45, 7) is 4.22. The van der Waals surface area contributed by atoms with Crippen molar-refractivity contribution in [3.8, 4) is 5.69 Å². The summed E-state index contributed by atoms with van der Waals surface area (Å²) in [6.07, 6.45) is 4.02. The first-order chi connectivity index (χ1) is 11.6. The second-order valence-electron chi connectivity index (χ2n) is 5.57. The Bertz CT molecular complexity index is 879. The molecule has 0 radical (unpaired) electrons. The van der Waals surface area contributed by atoms with E-state index in [0.717, 1.165) is 22.0 Å². The van der Waals surface area contributed by atoms with Gasteiger partial charge in [-0.05, 0) is 62.6 Å². The van der Waals surface area contributed by atoms with E-state index in [-0.39, 0.29) is 0 Å². The highest BCUT2D eigenvalue weighted by Crippen LogP contribution is 2.28. The van der Waals surface area contributed by atoms with Crippen molar-refractivity contribution in [3.05, 3.63) is 76.6 Å². The van der Waals surface area contributed by atoms with E-state index in [2.05, 4.69) is 36.8 Å². The van der Waals surface area contributed by atoms with Crippen molar-refractivity contribution in [2.75, 3.05) is 6.26 Å². The standard InChI is InChI=1S/C20H19ClN2S/c1-14-12-16(13-22-19-6-4-5-7-20(19)24-3)15(2)23(14)18-10-8-17(21)9-11-18/h4-13H,1-3H3. The van der Waals surface area contributed by atoms with Crippen LogP contribution in [0.4, 0.5) is 5.69 Å². The predicted molar refractivity (Wildman–Crippen MR) is 106 cm³/mol. The number of benzene rings is 2. The van der Waals surface area contributed by atoms with Crippen molar-refractivity contribution in [2.24, 2.45) is 4.99 Å². The van der Waals surface area contributed by atoms with E-state index in [0.29, 0.717) is 0 Å². The van der Waals surface area contributed by atoms with Crippen LogP contribution in [0, 0.1) is 13.8 Å². The molecule has 24 heavy (non-hydrogen) atoms. The highest BCUT2D eigenvalue weighted by molar-refractivity contribution is 7.98. The molecule has 1 heterocycles. The van der Waals surface area contributed by atoms with Gasteiger partial charge in [-0.3, -0.25) is 4.99 Å². The van der Waals surface area contributed by atoms with E-state index < -0.39 is 0 Å². The van der Waals surface area contributed by atoms with Crippen LogP contribution in [0.15, 0.2) is 64.5 Å². The van der Waals surface area contributed by atoms with Crippen LogP contribution in [0.1, 0.15) is 17.0 Å². The molecule has 0 saturated heterocycles. The van der Waals surface area contributed by atoms with Gasteiger partial charge in [-0.25, -0.2) is 0 Å². The molecule has 1 aromatic heterocycles. The zero-order chi connectivity index (χ0) is 17.1. The molecular weight excluding hydrogens is 336 g/mol. The predicted octanol–water partition coefficient (Wildman–Crippen LogP) is 6.22. The maximum atomic E-state index is 6.00. The largest absolute Gasteiger partial charge is 0.318 e. The fraction of sp³-hybridized carbons (Fsp3) is 0.150. The van der Waals surface area contributed by atoms with Crippen LogP contribution in [-0.2, 0) is 0 Å². The van der Waals surface area contributed by atoms with E-state index in [1.54, 1.807) is 11.8 Å². The average molecular weight is 355 g/mol. The first-order valence-electron chi connectivity index (χ1n) is 7.72. The summed E-state index contributed by atoms with van der Waals surface area (Å²) in [4.78, 5) is 5.87. The third-order valence-corrected chi connectivity index (χ3v) is 5.02. The monoisotopic (exact) mass is 354 g/mol. The smallest absolute Gasteiger partial charge is 0.0765 e. The van der Waals surface area contributed by atoms with Crippen LogP contribution in [0.3, 0.4) is 0 Å². The molecule has 0 atom stereocenters. The molecule has 0 unspecified atom stereocenters. The van der Waals surface area contributed by atoms with E-state index in [4.69, 9.17) is 16.6 Å². The summed E-state index contributed by atoms with van der Waals surface area (Å²) in [5, 5.41) is 0.747. The van der Waals surface area contributed by atoms with E-state index >= 15 is 0 Å². The topological polar surface area (TPSA) is 17.3 Å². The van der Waals surface area contributed by atoms with Crippen molar-refractivity contribution in [1.82, 2.24) is 4.57 Å². The molecule has 2 aromatic carbocycles. The number of hydrogen-bond acceptors (Lipinski definition) is 2. The summed E-state index contributed by atoms with van der Waals surface area (Å²) in [5.41, 5.74) is 5.58. The van der Waals surface area contributed by atoms with E-state index in [1.807, 2.05) is 48.7 Å². The van der Waals surface area contributed by atoms with Gasteiger partial charge in [0, 0.05) is 38.8 Å². The van der Waals surface area contributed by atoms with Crippen molar-refractivity contribution in [1.29, 1.82) is 0 Å². The molecule has 0 spiro atoms. The number of aryl methyl sites for hydroxylation is 1. The summed E-state index contributed by atoms with van der Waals surface area (Å²) in [6, 6.07) is 18.2. The van der Waals surface area contributed by atoms with Gasteiger partial charge in [0.2, 0.25) is 0 Å². The van der Waals surface area contributed by atoms with Gasteiger partial charge in [0.05, 0.1) is 5.69 Å². The van der Waals surface area contributed by atoms with Gasteiger partial charge in [-0.2, -0.15) is 0 Å². The Hall–Kier alpha value is -1.97. The summed E-state index contributed by atoms with van der Waals surface area (Å²) >= 11 is 7.71. The summed E-state index contributed by atoms with van der Waals surface area (Å²) < 4.78 is 2.22. The van der Waals surface area contributed by atoms with Crippen LogP contribution in [0.2, 0.25) is 5.02 Å². The van der Waals surface area contributed by atoms with E-state index in [1.165, 1.54) is 16.3 Å². The summed E-state index contributed by atoms with van der Waals surface area (Å²) in [5.74, 6) is 0. The lowest BCUT2D eigenvalue weighted by Crippen LogP contribution is -1.99. The Morgan fingerprint density at radius 3 is 2.46 bits per heavy atom. The quantitative estimate of drug-likeness (QED) is 0.401. The minimum Gasteiger partial charge on any atom is -0.318 e. The number of rotatable bonds is 4. The van der Waals surface area contributed by atoms with Crippen molar-refractivity contribution in [2.45, 2.75) is 18.7 Å². The molecule has 3 aromatic rings. The lowest BCUT2D eigenvalue weighted by atomic mass is 10.2. The zero-order valence-electron chi connectivity index (χ0n) is 14.0. The minimum absolute atomic E-state index is 0.747. The van der Waals surface area contributed by atoms with Gasteiger partial charge < -0.3 is 4.57 Å². The molecule has 0 aliphatic carbocycles. The maximum Gasteiger partial charge on any atom is 0.0765 e. The number of hydrogen-bond donors (Lipinski definition) is 0. The first-order valence-corrected chi connectivity index (χ1v) is 9.32. The normalized spacial score (nSPS) is 11.3. The van der Waals surface area contributed by atoms with Gasteiger partial charge in [0.25, 0.3) is 0 Å². The molecule has 4 heteroatoms. The number of para-hydroxylation sites is 1. The van der Waals surface area contributed by atoms with Crippen molar-refractivity contribution in [3.63, 3.8) is 0 Å². The Balaban J connectivity index is 1.97. The second-order valence-corrected chi connectivity index (χ2v) is 6.85. The molecule has 2 nitrogen and oxygen atoms in total. The third kappa shape index (κ3) is 3.42. The Morgan fingerprint density at radius 2 is 1.75 bits per heavy atom. The van der Waals surface area contributed by atoms with Crippen molar-refractivity contribution >= 4 is 35.3 Å². The lowest BCUT2D eigenvalue weighted by Gasteiger charge is -2.09. The van der Waals surface area contributed by atoms with Gasteiger partial charge in [-0.1, -0.05) is 23.7 Å². The van der Waals surface area contributed by atoms with Gasteiger partial charge >= 0.3 is 0 Å². The number of aliphatic imine (C=N–C) groups is 1.